The van der Waals surface area contributed by atoms with Crippen molar-refractivity contribution in [2.24, 2.45) is 15.1 Å². The van der Waals surface area contributed by atoms with Crippen LogP contribution >= 0.6 is 0 Å². The van der Waals surface area contributed by atoms with Crippen LogP contribution in [0, 0.1) is 5.82 Å². The summed E-state index contributed by atoms with van der Waals surface area (Å²) in [4.78, 5) is 7.95. The molecule has 1 aromatic rings. The zero-order valence-corrected chi connectivity index (χ0v) is 19.9. The zero-order valence-electron chi connectivity index (χ0n) is 19.9. The van der Waals surface area contributed by atoms with Crippen molar-refractivity contribution in [2.45, 2.75) is 41.5 Å². The zero-order chi connectivity index (χ0) is 23.9. The molecular formula is C25H37FN4O. The van der Waals surface area contributed by atoms with Crippen LogP contribution in [0.4, 0.5) is 4.39 Å². The molecule has 0 aliphatic rings. The van der Waals surface area contributed by atoms with Gasteiger partial charge >= 0.3 is 6.02 Å². The molecular weight excluding hydrogens is 391 g/mol. The van der Waals surface area contributed by atoms with E-state index in [9.17, 15) is 4.39 Å². The Labute approximate surface area is 187 Å². The van der Waals surface area contributed by atoms with Gasteiger partial charge in [-0.15, -0.1) is 0 Å². The van der Waals surface area contributed by atoms with Crippen LogP contribution in [0.25, 0.3) is 0 Å². The van der Waals surface area contributed by atoms with E-state index in [1.54, 1.807) is 31.3 Å². The molecule has 0 amide bonds. The lowest BCUT2D eigenvalue weighted by Gasteiger charge is -2.03. The van der Waals surface area contributed by atoms with E-state index in [1.165, 1.54) is 18.3 Å². The molecule has 6 heteroatoms. The molecule has 31 heavy (non-hydrogen) atoms. The highest BCUT2D eigenvalue weighted by Gasteiger charge is 1.98. The summed E-state index contributed by atoms with van der Waals surface area (Å²) in [7, 11) is 1.60. The maximum absolute atomic E-state index is 12.9. The smallest absolute Gasteiger partial charge is 0.316 e. The van der Waals surface area contributed by atoms with Crippen molar-refractivity contribution in [3.8, 4) is 0 Å². The summed E-state index contributed by atoms with van der Waals surface area (Å²) in [5, 5.41) is 4.25. The molecule has 0 atom stereocenters. The third-order valence-electron chi connectivity index (χ3n) is 3.20. The van der Waals surface area contributed by atoms with E-state index in [4.69, 9.17) is 4.74 Å². The van der Waals surface area contributed by atoms with Gasteiger partial charge in [-0.05, 0) is 43.7 Å². The molecule has 0 saturated carbocycles. The average molecular weight is 429 g/mol. The Morgan fingerprint density at radius 3 is 2.32 bits per heavy atom. The number of allylic oxidation sites excluding steroid dienone is 5. The molecule has 170 valence electrons. The van der Waals surface area contributed by atoms with Crippen molar-refractivity contribution < 1.29 is 9.13 Å². The van der Waals surface area contributed by atoms with Gasteiger partial charge in [-0.1, -0.05) is 70.7 Å². The SMILES string of the molecule is C=C/C=N\C(=NC)OC(/C=C\C=C\CN/N=C(\C)c1ccc(F)cc1)=C/C.CC.CC. The van der Waals surface area contributed by atoms with Crippen molar-refractivity contribution in [1.82, 2.24) is 5.43 Å². The molecule has 0 radical (unpaired) electrons. The summed E-state index contributed by atoms with van der Waals surface area (Å²) in [6.07, 6.45) is 12.3. The van der Waals surface area contributed by atoms with Crippen LogP contribution in [-0.4, -0.2) is 31.5 Å². The largest absolute Gasteiger partial charge is 0.425 e. The van der Waals surface area contributed by atoms with Crippen LogP contribution in [0.1, 0.15) is 47.1 Å². The average Bonchev–Trinajstić information content (AvgIpc) is 2.82. The van der Waals surface area contributed by atoms with Gasteiger partial charge in [0, 0.05) is 13.3 Å². The fourth-order valence-corrected chi connectivity index (χ4v) is 1.81. The normalized spacial score (nSPS) is 12.3. The minimum Gasteiger partial charge on any atom is -0.425 e. The Morgan fingerprint density at radius 1 is 1.13 bits per heavy atom. The summed E-state index contributed by atoms with van der Waals surface area (Å²) in [6.45, 7) is 15.8. The summed E-state index contributed by atoms with van der Waals surface area (Å²) < 4.78 is 18.4. The summed E-state index contributed by atoms with van der Waals surface area (Å²) in [5.41, 5.74) is 4.60. The molecule has 1 aromatic carbocycles. The lowest BCUT2D eigenvalue weighted by molar-refractivity contribution is 0.426. The summed E-state index contributed by atoms with van der Waals surface area (Å²) in [5.74, 6) is 0.364. The molecule has 0 unspecified atom stereocenters. The molecule has 1 N–H and O–H groups in total. The second-order valence-corrected chi connectivity index (χ2v) is 5.17. The van der Waals surface area contributed by atoms with Gasteiger partial charge in [-0.25, -0.2) is 14.4 Å². The molecule has 5 nitrogen and oxygen atoms in total. The fraction of sp³-hybridized carbons (Fsp3) is 0.320. The first-order valence-electron chi connectivity index (χ1n) is 10.4. The van der Waals surface area contributed by atoms with Gasteiger partial charge < -0.3 is 10.2 Å². The number of halogens is 1. The van der Waals surface area contributed by atoms with E-state index < -0.39 is 0 Å². The van der Waals surface area contributed by atoms with Crippen LogP contribution in [0.3, 0.4) is 0 Å². The summed E-state index contributed by atoms with van der Waals surface area (Å²) in [6, 6.07) is 6.47. The fourth-order valence-electron chi connectivity index (χ4n) is 1.81. The maximum Gasteiger partial charge on any atom is 0.316 e. The molecule has 0 fully saturated rings. The molecule has 1 rings (SSSR count). The quantitative estimate of drug-likeness (QED) is 0.129. The van der Waals surface area contributed by atoms with E-state index in [1.807, 2.05) is 65.8 Å². The highest BCUT2D eigenvalue weighted by Crippen LogP contribution is 2.04. The van der Waals surface area contributed by atoms with Gasteiger partial charge in [0.15, 0.2) is 0 Å². The predicted octanol–water partition coefficient (Wildman–Crippen LogP) is 6.47. The van der Waals surface area contributed by atoms with E-state index in [0.29, 0.717) is 12.3 Å². The van der Waals surface area contributed by atoms with Crippen molar-refractivity contribution >= 4 is 17.9 Å². The number of ether oxygens (including phenoxy) is 1. The molecule has 0 aliphatic heterocycles. The number of amidine groups is 1. The maximum atomic E-state index is 12.9. The van der Waals surface area contributed by atoms with Gasteiger partial charge in [0.05, 0.1) is 12.3 Å². The van der Waals surface area contributed by atoms with E-state index in [-0.39, 0.29) is 11.8 Å². The monoisotopic (exact) mass is 428 g/mol. The van der Waals surface area contributed by atoms with Crippen LogP contribution in [0.2, 0.25) is 0 Å². The van der Waals surface area contributed by atoms with Gasteiger partial charge in [0.1, 0.15) is 11.6 Å². The second kappa shape index (κ2) is 21.4. The Bertz CT molecular complexity index is 773. The number of hydrogen-bond acceptors (Lipinski definition) is 4. The first-order chi connectivity index (χ1) is 15.1. The third-order valence-corrected chi connectivity index (χ3v) is 3.20. The van der Waals surface area contributed by atoms with Crippen molar-refractivity contribution in [3.05, 3.63) is 84.4 Å². The second-order valence-electron chi connectivity index (χ2n) is 5.17. The van der Waals surface area contributed by atoms with E-state index in [0.717, 1.165) is 11.3 Å². The Balaban J connectivity index is 0. The van der Waals surface area contributed by atoms with Gasteiger partial charge in [-0.3, -0.25) is 0 Å². The van der Waals surface area contributed by atoms with Gasteiger partial charge in [0.25, 0.3) is 0 Å². The van der Waals surface area contributed by atoms with Crippen molar-refractivity contribution in [3.63, 3.8) is 0 Å². The number of hydrazone groups is 1. The number of rotatable bonds is 8. The third kappa shape index (κ3) is 15.3. The molecule has 0 heterocycles. The molecule has 0 saturated heterocycles. The molecule has 0 spiro atoms. The van der Waals surface area contributed by atoms with Crippen LogP contribution in [-0.2, 0) is 4.74 Å². The standard InChI is InChI=1S/C21H25FN4O.2C2H6/c1-5-15-24-21(23-4)27-20(6-2)10-8-7-9-16-25-26-17(3)18-11-13-19(22)14-12-18;2*1-2/h5-15,25H,1,16H2,2-4H3;2*1-2H3/b9-7+,10-8-,20-6+,23-21?,24-15-,26-17+;;. The van der Waals surface area contributed by atoms with Crippen LogP contribution in [0.5, 0.6) is 0 Å². The van der Waals surface area contributed by atoms with Crippen LogP contribution < -0.4 is 5.43 Å². The lowest BCUT2D eigenvalue weighted by Crippen LogP contribution is -2.09. The first kappa shape index (κ1) is 29.9. The summed E-state index contributed by atoms with van der Waals surface area (Å²) >= 11 is 0. The number of hydrogen-bond donors (Lipinski definition) is 1. The Kier molecular flexibility index (Phi) is 20.7. The molecule has 0 aromatic heterocycles. The number of nitrogens with zero attached hydrogens (tertiary/aromatic N) is 3. The van der Waals surface area contributed by atoms with Crippen LogP contribution in [0.15, 0.2) is 88.1 Å². The minimum atomic E-state index is -0.261. The number of benzene rings is 1. The van der Waals surface area contributed by atoms with E-state index >= 15 is 0 Å². The minimum absolute atomic E-state index is 0.254. The Hall–Kier alpha value is -3.28. The predicted molar refractivity (Wildman–Crippen MR) is 134 cm³/mol. The van der Waals surface area contributed by atoms with Crippen molar-refractivity contribution in [2.75, 3.05) is 13.6 Å². The highest BCUT2D eigenvalue weighted by molar-refractivity contribution is 5.98. The lowest BCUT2D eigenvalue weighted by atomic mass is 10.1. The molecule has 0 bridgehead atoms. The number of aliphatic imine (C=N–C) groups is 2. The molecule has 0 aliphatic carbocycles. The Morgan fingerprint density at radius 2 is 1.77 bits per heavy atom. The van der Waals surface area contributed by atoms with E-state index in [2.05, 4.69) is 27.1 Å². The van der Waals surface area contributed by atoms with Crippen molar-refractivity contribution in [1.29, 1.82) is 0 Å². The first-order valence-corrected chi connectivity index (χ1v) is 10.4. The number of nitrogens with one attached hydrogen (secondary N) is 1. The highest BCUT2D eigenvalue weighted by atomic mass is 19.1. The van der Waals surface area contributed by atoms with Gasteiger partial charge in [0.2, 0.25) is 0 Å². The topological polar surface area (TPSA) is 58.3 Å². The van der Waals surface area contributed by atoms with Gasteiger partial charge in [-0.2, -0.15) is 5.10 Å².